The minimum atomic E-state index is -1.18. The normalized spacial score (nSPS) is 9.96. The first-order valence-corrected chi connectivity index (χ1v) is 8.16. The van der Waals surface area contributed by atoms with Gasteiger partial charge in [-0.15, -0.1) is 0 Å². The first-order valence-electron chi connectivity index (χ1n) is 8.16. The van der Waals surface area contributed by atoms with Crippen LogP contribution in [0.2, 0.25) is 0 Å². The van der Waals surface area contributed by atoms with E-state index in [4.69, 9.17) is 14.6 Å². The molecule has 2 rings (SSSR count). The maximum Gasteiger partial charge on any atom is 0.336 e. The highest BCUT2D eigenvalue weighted by Crippen LogP contribution is 2.25. The zero-order valence-corrected chi connectivity index (χ0v) is 14.7. The molecular formula is C19H20N2O6. The Morgan fingerprint density at radius 1 is 0.889 bits per heavy atom. The Kier molecular flexibility index (Phi) is 7.18. The maximum absolute atomic E-state index is 12.1. The van der Waals surface area contributed by atoms with Crippen LogP contribution in [-0.4, -0.2) is 49.7 Å². The van der Waals surface area contributed by atoms with Crippen LogP contribution in [0.1, 0.15) is 20.7 Å². The summed E-state index contributed by atoms with van der Waals surface area (Å²) in [6.07, 6.45) is 0. The average Bonchev–Trinajstić information content (AvgIpc) is 2.69. The van der Waals surface area contributed by atoms with Gasteiger partial charge in [0.05, 0.1) is 18.2 Å². The molecule has 0 atom stereocenters. The minimum absolute atomic E-state index is 0.0656. The number of carbonyl (C=O) groups excluding carboxylic acids is 2. The number of carbonyl (C=O) groups is 3. The average molecular weight is 372 g/mol. The first-order chi connectivity index (χ1) is 13.0. The molecule has 8 nitrogen and oxygen atoms in total. The molecule has 3 N–H and O–H groups in total. The summed E-state index contributed by atoms with van der Waals surface area (Å²) >= 11 is 0. The maximum atomic E-state index is 12.1. The Hall–Kier alpha value is -3.55. The standard InChI is InChI=1S/C19H20N2O6/c1-26-15-8-4-5-9-16(15)27-12-17(22)20-10-11-21-18(23)13-6-2-3-7-14(13)19(24)25/h2-9H,10-12H2,1H3,(H,20,22)(H,21,23)(H,24,25). The van der Waals surface area contributed by atoms with Crippen molar-refractivity contribution in [3.05, 3.63) is 59.7 Å². The molecule has 8 heteroatoms. The second-order valence-corrected chi connectivity index (χ2v) is 5.40. The van der Waals surface area contributed by atoms with Gasteiger partial charge in [-0.25, -0.2) is 4.79 Å². The van der Waals surface area contributed by atoms with Gasteiger partial charge in [0.15, 0.2) is 18.1 Å². The van der Waals surface area contributed by atoms with Crippen LogP contribution < -0.4 is 20.1 Å². The van der Waals surface area contributed by atoms with Crippen LogP contribution >= 0.6 is 0 Å². The van der Waals surface area contributed by atoms with Crippen molar-refractivity contribution in [1.82, 2.24) is 10.6 Å². The van der Waals surface area contributed by atoms with Gasteiger partial charge >= 0.3 is 5.97 Å². The molecule has 2 aromatic rings. The molecular weight excluding hydrogens is 352 g/mol. The van der Waals surface area contributed by atoms with Crippen LogP contribution in [0.15, 0.2) is 48.5 Å². The van der Waals surface area contributed by atoms with Crippen LogP contribution in [0.25, 0.3) is 0 Å². The Morgan fingerprint density at radius 2 is 1.48 bits per heavy atom. The highest BCUT2D eigenvalue weighted by Gasteiger charge is 2.15. The summed E-state index contributed by atoms with van der Waals surface area (Å²) in [5, 5.41) is 14.3. The molecule has 2 amide bonds. The smallest absolute Gasteiger partial charge is 0.336 e. The van der Waals surface area contributed by atoms with Crippen LogP contribution in [0.4, 0.5) is 0 Å². The number of para-hydroxylation sites is 2. The van der Waals surface area contributed by atoms with Crippen molar-refractivity contribution in [3.63, 3.8) is 0 Å². The number of methoxy groups -OCH3 is 1. The Labute approximate surface area is 156 Å². The molecule has 0 saturated heterocycles. The molecule has 0 aromatic heterocycles. The monoisotopic (exact) mass is 372 g/mol. The lowest BCUT2D eigenvalue weighted by Gasteiger charge is -2.11. The lowest BCUT2D eigenvalue weighted by Crippen LogP contribution is -2.37. The van der Waals surface area contributed by atoms with Gasteiger partial charge in [-0.3, -0.25) is 9.59 Å². The van der Waals surface area contributed by atoms with E-state index in [0.29, 0.717) is 11.5 Å². The van der Waals surface area contributed by atoms with Gasteiger partial charge in [-0.1, -0.05) is 24.3 Å². The lowest BCUT2D eigenvalue weighted by atomic mass is 10.1. The third kappa shape index (κ3) is 5.74. The zero-order valence-electron chi connectivity index (χ0n) is 14.7. The largest absolute Gasteiger partial charge is 0.493 e. The Balaban J connectivity index is 1.74. The molecule has 2 aromatic carbocycles. The minimum Gasteiger partial charge on any atom is -0.493 e. The van der Waals surface area contributed by atoms with Crippen LogP contribution in [0.5, 0.6) is 11.5 Å². The SMILES string of the molecule is COc1ccccc1OCC(=O)NCCNC(=O)c1ccccc1C(=O)O. The van der Waals surface area contributed by atoms with Crippen LogP contribution in [-0.2, 0) is 4.79 Å². The Morgan fingerprint density at radius 3 is 2.15 bits per heavy atom. The molecule has 0 fully saturated rings. The number of rotatable bonds is 9. The van der Waals surface area contributed by atoms with Crippen molar-refractivity contribution in [2.75, 3.05) is 26.8 Å². The van der Waals surface area contributed by atoms with Crippen molar-refractivity contribution >= 4 is 17.8 Å². The topological polar surface area (TPSA) is 114 Å². The number of aromatic carboxylic acids is 1. The summed E-state index contributed by atoms with van der Waals surface area (Å²) in [6.45, 7) is 0.123. The molecule has 142 valence electrons. The number of amides is 2. The quantitative estimate of drug-likeness (QED) is 0.572. The molecule has 0 saturated carbocycles. The fourth-order valence-electron chi connectivity index (χ4n) is 2.27. The molecule has 0 radical (unpaired) electrons. The number of carboxylic acid groups (broad SMARTS) is 1. The summed E-state index contributed by atoms with van der Waals surface area (Å²) < 4.78 is 10.5. The summed E-state index contributed by atoms with van der Waals surface area (Å²) in [4.78, 5) is 35.0. The molecule has 0 heterocycles. The molecule has 0 aliphatic rings. The number of ether oxygens (including phenoxy) is 2. The predicted octanol–water partition coefficient (Wildman–Crippen LogP) is 1.32. The second kappa shape index (κ2) is 9.81. The van der Waals surface area contributed by atoms with Gasteiger partial charge in [0, 0.05) is 13.1 Å². The molecule has 27 heavy (non-hydrogen) atoms. The van der Waals surface area contributed by atoms with E-state index in [2.05, 4.69) is 10.6 Å². The van der Waals surface area contributed by atoms with Gasteiger partial charge in [0.2, 0.25) is 0 Å². The van der Waals surface area contributed by atoms with Crippen molar-refractivity contribution < 1.29 is 29.0 Å². The van der Waals surface area contributed by atoms with Crippen LogP contribution in [0, 0.1) is 0 Å². The van der Waals surface area contributed by atoms with E-state index in [9.17, 15) is 14.4 Å². The Bertz CT molecular complexity index is 821. The van der Waals surface area contributed by atoms with Crippen LogP contribution in [0.3, 0.4) is 0 Å². The number of benzene rings is 2. The van der Waals surface area contributed by atoms with Gasteiger partial charge in [0.1, 0.15) is 0 Å². The molecule has 0 bridgehead atoms. The van der Waals surface area contributed by atoms with Crippen molar-refractivity contribution in [2.24, 2.45) is 0 Å². The number of hydrogen-bond donors (Lipinski definition) is 3. The second-order valence-electron chi connectivity index (χ2n) is 5.40. The first kappa shape index (κ1) is 19.8. The van der Waals surface area contributed by atoms with E-state index >= 15 is 0 Å². The fourth-order valence-corrected chi connectivity index (χ4v) is 2.27. The summed E-state index contributed by atoms with van der Waals surface area (Å²) in [5.74, 6) is -1.08. The van der Waals surface area contributed by atoms with Gasteiger partial charge < -0.3 is 25.2 Å². The molecule has 0 spiro atoms. The van der Waals surface area contributed by atoms with E-state index in [0.717, 1.165) is 0 Å². The summed E-state index contributed by atoms with van der Waals surface area (Å²) in [5.41, 5.74) is -0.0138. The lowest BCUT2D eigenvalue weighted by molar-refractivity contribution is -0.123. The third-order valence-corrected chi connectivity index (χ3v) is 3.56. The molecule has 0 aliphatic heterocycles. The van der Waals surface area contributed by atoms with E-state index in [1.165, 1.54) is 19.2 Å². The van der Waals surface area contributed by atoms with E-state index in [1.54, 1.807) is 36.4 Å². The van der Waals surface area contributed by atoms with Gasteiger partial charge in [0.25, 0.3) is 11.8 Å². The van der Waals surface area contributed by atoms with E-state index in [1.807, 2.05) is 0 Å². The van der Waals surface area contributed by atoms with E-state index in [-0.39, 0.29) is 36.7 Å². The third-order valence-electron chi connectivity index (χ3n) is 3.56. The van der Waals surface area contributed by atoms with E-state index < -0.39 is 11.9 Å². The van der Waals surface area contributed by atoms with Crippen molar-refractivity contribution in [2.45, 2.75) is 0 Å². The summed E-state index contributed by atoms with van der Waals surface area (Å²) in [7, 11) is 1.51. The molecule has 0 unspecified atom stereocenters. The highest BCUT2D eigenvalue weighted by molar-refractivity contribution is 6.04. The predicted molar refractivity (Wildman–Crippen MR) is 97.2 cm³/mol. The summed E-state index contributed by atoms with van der Waals surface area (Å²) in [6, 6.07) is 12.9. The zero-order chi connectivity index (χ0) is 19.6. The number of nitrogens with one attached hydrogen (secondary N) is 2. The number of carboxylic acids is 1. The number of hydrogen-bond acceptors (Lipinski definition) is 5. The van der Waals surface area contributed by atoms with Crippen molar-refractivity contribution in [1.29, 1.82) is 0 Å². The van der Waals surface area contributed by atoms with Crippen molar-refractivity contribution in [3.8, 4) is 11.5 Å². The van der Waals surface area contributed by atoms with Gasteiger partial charge in [-0.2, -0.15) is 0 Å². The fraction of sp³-hybridized carbons (Fsp3) is 0.211. The highest BCUT2D eigenvalue weighted by atomic mass is 16.5. The van der Waals surface area contributed by atoms with Gasteiger partial charge in [-0.05, 0) is 24.3 Å². The molecule has 0 aliphatic carbocycles.